The third kappa shape index (κ3) is 8.77. The molecule has 0 radical (unpaired) electrons. The van der Waals surface area contributed by atoms with Crippen molar-refractivity contribution in [2.75, 3.05) is 47.6 Å². The number of benzene rings is 2. The number of aliphatic hydroxyl groups is 1. The summed E-state index contributed by atoms with van der Waals surface area (Å²) in [6.45, 7) is 1.48. The number of nitrogens with one attached hydrogen (secondary N) is 1. The van der Waals surface area contributed by atoms with Crippen LogP contribution >= 0.6 is 34.5 Å². The number of ether oxygens (including phenoxy) is 3. The molecule has 14 heteroatoms. The number of methoxy groups -OCH3 is 2. The summed E-state index contributed by atoms with van der Waals surface area (Å²) in [5, 5.41) is 37.1. The van der Waals surface area contributed by atoms with Gasteiger partial charge in [-0.05, 0) is 80.2 Å². The van der Waals surface area contributed by atoms with Gasteiger partial charge in [0.25, 0.3) is 0 Å². The normalized spacial score (nSPS) is 15.6. The fourth-order valence-electron chi connectivity index (χ4n) is 6.39. The Labute approximate surface area is 310 Å². The number of halogens is 2. The standard InChI is InChI=1S/C37H41Cl2N3O8S/c1-41-13-11-23(12-14-41)21-50-36(46)37(22-43,25-7-5-4-6-8-25)40-18-26-16-28(34(51-26)35(44)45)27(17-29-30(38)19-42(47)20-31(29)39)24-9-10-32(48-2)33(15-24)49-3/h4-10,15-16,19-20,23,27,40,43H,11-14,17-18,21-22H2,1-3H3,(H-,44,45,47)/t27-,37?/m0/s1. The Bertz CT molecular complexity index is 1810. The van der Waals surface area contributed by atoms with Crippen LogP contribution in [0.15, 0.2) is 67.0 Å². The molecule has 272 valence electrons. The van der Waals surface area contributed by atoms with Crippen molar-refractivity contribution in [3.8, 4) is 11.5 Å². The number of pyridine rings is 1. The van der Waals surface area contributed by atoms with Crippen LogP contribution in [0.3, 0.4) is 0 Å². The lowest BCUT2D eigenvalue weighted by molar-refractivity contribution is -0.904. The Morgan fingerprint density at radius 2 is 1.73 bits per heavy atom. The quantitative estimate of drug-likeness (QED) is 0.0918. The predicted octanol–water partition coefficient (Wildman–Crippen LogP) is 4.20. The number of aliphatic hydroxyl groups excluding tert-OH is 1. The molecule has 0 bridgehead atoms. The van der Waals surface area contributed by atoms with E-state index in [1.807, 2.05) is 6.07 Å². The van der Waals surface area contributed by atoms with E-state index in [2.05, 4.69) is 17.3 Å². The van der Waals surface area contributed by atoms with Crippen molar-refractivity contribution in [2.24, 2.45) is 5.92 Å². The highest BCUT2D eigenvalue weighted by Gasteiger charge is 2.42. The van der Waals surface area contributed by atoms with Gasteiger partial charge >= 0.3 is 5.97 Å². The molecule has 0 saturated carbocycles. The van der Waals surface area contributed by atoms with Gasteiger partial charge in [-0.2, -0.15) is 0 Å². The van der Waals surface area contributed by atoms with Crippen LogP contribution in [-0.2, 0) is 28.0 Å². The number of esters is 1. The molecular formula is C37H41Cl2N3O8S. The van der Waals surface area contributed by atoms with Crippen molar-refractivity contribution in [1.82, 2.24) is 10.2 Å². The zero-order valence-corrected chi connectivity index (χ0v) is 30.9. The zero-order valence-electron chi connectivity index (χ0n) is 28.6. The van der Waals surface area contributed by atoms with Crippen molar-refractivity contribution in [3.63, 3.8) is 0 Å². The number of thiophene rings is 1. The molecular weight excluding hydrogens is 717 g/mol. The maximum absolute atomic E-state index is 13.9. The van der Waals surface area contributed by atoms with Crippen molar-refractivity contribution >= 4 is 46.5 Å². The van der Waals surface area contributed by atoms with E-state index in [1.54, 1.807) is 48.5 Å². The number of aromatic nitrogens is 1. The highest BCUT2D eigenvalue weighted by atomic mass is 35.5. The fraction of sp³-hybridized carbons (Fsp3) is 0.378. The van der Waals surface area contributed by atoms with E-state index in [4.69, 9.17) is 37.4 Å². The summed E-state index contributed by atoms with van der Waals surface area (Å²) in [5.41, 5.74) is 0.457. The fourth-order valence-corrected chi connectivity index (χ4v) is 7.99. The van der Waals surface area contributed by atoms with Gasteiger partial charge in [-0.15, -0.1) is 11.3 Å². The molecule has 1 unspecified atom stereocenters. The van der Waals surface area contributed by atoms with E-state index in [-0.39, 0.29) is 40.4 Å². The summed E-state index contributed by atoms with van der Waals surface area (Å²) in [7, 11) is 5.08. The molecule has 2 atom stereocenters. The first-order chi connectivity index (χ1) is 24.5. The average Bonchev–Trinajstić information content (AvgIpc) is 3.56. The van der Waals surface area contributed by atoms with E-state index in [9.17, 15) is 25.0 Å². The Balaban J connectivity index is 1.51. The number of rotatable bonds is 15. The Morgan fingerprint density at radius 1 is 1.06 bits per heavy atom. The SMILES string of the molecule is COc1ccc([C@H](Cc2c(Cl)c[n+](O)cc2Cl)c2cc(CNC(CO)(C(=O)OCC3CCN(C)CC3)c3ccccc3)sc2C(=O)[O-])cc1OC. The van der Waals surface area contributed by atoms with Crippen molar-refractivity contribution < 1.29 is 44.0 Å². The van der Waals surface area contributed by atoms with Gasteiger partial charge in [0.15, 0.2) is 17.0 Å². The first-order valence-corrected chi connectivity index (χ1v) is 18.0. The number of aromatic carboxylic acids is 1. The number of piperidine rings is 1. The Hall–Kier alpha value is -3.91. The molecule has 4 aromatic rings. The van der Waals surface area contributed by atoms with Gasteiger partial charge in [0.2, 0.25) is 12.4 Å². The first kappa shape index (κ1) is 38.3. The molecule has 2 aromatic heterocycles. The molecule has 1 saturated heterocycles. The number of hydrogen-bond acceptors (Lipinski definition) is 11. The van der Waals surface area contributed by atoms with Crippen LogP contribution in [0.25, 0.3) is 0 Å². The summed E-state index contributed by atoms with van der Waals surface area (Å²) in [6.07, 6.45) is 4.53. The molecule has 1 aliphatic rings. The summed E-state index contributed by atoms with van der Waals surface area (Å²) in [6, 6.07) is 15.8. The van der Waals surface area contributed by atoms with E-state index in [0.717, 1.165) is 42.0 Å². The summed E-state index contributed by atoms with van der Waals surface area (Å²) < 4.78 is 17.6. The van der Waals surface area contributed by atoms with Crippen LogP contribution in [0, 0.1) is 5.92 Å². The number of hydrogen-bond donors (Lipinski definition) is 3. The molecule has 11 nitrogen and oxygen atoms in total. The lowest BCUT2D eigenvalue weighted by atomic mass is 9.85. The van der Waals surface area contributed by atoms with Gasteiger partial charge in [0.1, 0.15) is 10.0 Å². The van der Waals surface area contributed by atoms with Crippen LogP contribution in [-0.4, -0.2) is 74.7 Å². The van der Waals surface area contributed by atoms with E-state index in [0.29, 0.717) is 38.6 Å². The van der Waals surface area contributed by atoms with Gasteiger partial charge in [-0.3, -0.25) is 10.5 Å². The summed E-state index contributed by atoms with van der Waals surface area (Å²) in [5.74, 6) is -1.52. The van der Waals surface area contributed by atoms with Gasteiger partial charge in [-0.1, -0.05) is 59.6 Å². The molecule has 0 aliphatic carbocycles. The molecule has 1 fully saturated rings. The van der Waals surface area contributed by atoms with Crippen LogP contribution in [0.2, 0.25) is 10.0 Å². The molecule has 0 amide bonds. The lowest BCUT2D eigenvalue weighted by Crippen LogP contribution is -2.53. The van der Waals surface area contributed by atoms with E-state index >= 15 is 0 Å². The van der Waals surface area contributed by atoms with Gasteiger partial charge in [0.05, 0.1) is 38.3 Å². The highest BCUT2D eigenvalue weighted by Crippen LogP contribution is 2.41. The second-order valence-electron chi connectivity index (χ2n) is 12.6. The van der Waals surface area contributed by atoms with E-state index in [1.165, 1.54) is 26.6 Å². The largest absolute Gasteiger partial charge is 0.544 e. The molecule has 51 heavy (non-hydrogen) atoms. The van der Waals surface area contributed by atoms with E-state index < -0.39 is 30.0 Å². The molecule has 0 spiro atoms. The third-order valence-corrected chi connectivity index (χ3v) is 11.1. The second kappa shape index (κ2) is 17.1. The first-order valence-electron chi connectivity index (χ1n) is 16.4. The van der Waals surface area contributed by atoms with Crippen molar-refractivity contribution in [1.29, 1.82) is 0 Å². The number of carboxylic acids is 1. The van der Waals surface area contributed by atoms with Crippen molar-refractivity contribution in [3.05, 3.63) is 109 Å². The van der Waals surface area contributed by atoms with Crippen LogP contribution in [0.5, 0.6) is 11.5 Å². The second-order valence-corrected chi connectivity index (χ2v) is 14.5. The Kier molecular flexibility index (Phi) is 12.8. The van der Waals surface area contributed by atoms with Gasteiger partial charge < -0.3 is 34.1 Å². The maximum atomic E-state index is 13.9. The predicted molar refractivity (Wildman–Crippen MR) is 191 cm³/mol. The number of nitrogens with zero attached hydrogens (tertiary/aromatic N) is 2. The topological polar surface area (TPSA) is 144 Å². The van der Waals surface area contributed by atoms with Crippen molar-refractivity contribution in [2.45, 2.75) is 37.3 Å². The smallest absolute Gasteiger partial charge is 0.333 e. The van der Waals surface area contributed by atoms with Crippen LogP contribution in [0.1, 0.15) is 55.6 Å². The van der Waals surface area contributed by atoms with Crippen LogP contribution < -0.4 is 24.6 Å². The number of carboxylic acid groups (broad SMARTS) is 1. The van der Waals surface area contributed by atoms with Gasteiger partial charge in [-0.25, -0.2) is 4.79 Å². The molecule has 2 aromatic carbocycles. The number of carbonyl (C=O) groups is 2. The third-order valence-electron chi connectivity index (χ3n) is 9.36. The summed E-state index contributed by atoms with van der Waals surface area (Å²) in [4.78, 5) is 29.3. The van der Waals surface area contributed by atoms with Gasteiger partial charge in [0, 0.05) is 27.6 Å². The Morgan fingerprint density at radius 3 is 2.33 bits per heavy atom. The minimum atomic E-state index is -1.62. The minimum absolute atomic E-state index is 0.0136. The number of likely N-dealkylation sites (tertiary alicyclic amines) is 1. The maximum Gasteiger partial charge on any atom is 0.333 e. The zero-order chi connectivity index (χ0) is 36.7. The summed E-state index contributed by atoms with van der Waals surface area (Å²) >= 11 is 14.1. The minimum Gasteiger partial charge on any atom is -0.544 e. The molecule has 3 heterocycles. The van der Waals surface area contributed by atoms with Crippen LogP contribution in [0.4, 0.5) is 0 Å². The molecule has 5 rings (SSSR count). The molecule has 3 N–H and O–H groups in total. The molecule has 1 aliphatic heterocycles. The average molecular weight is 759 g/mol. The monoisotopic (exact) mass is 757 g/mol. The highest BCUT2D eigenvalue weighted by molar-refractivity contribution is 7.14. The number of carbonyl (C=O) groups excluding carboxylic acids is 2. The lowest BCUT2D eigenvalue weighted by Gasteiger charge is -2.33.